The molecule has 96 valence electrons. The largest absolute Gasteiger partial charge is 0.345 e. The molecule has 1 aliphatic heterocycles. The lowest BCUT2D eigenvalue weighted by molar-refractivity contribution is 0.0947. The highest BCUT2D eigenvalue weighted by Crippen LogP contribution is 2.19. The molecular weight excluding hydrogens is 299 g/mol. The van der Waals surface area contributed by atoms with Gasteiger partial charge >= 0.3 is 0 Å². The molecule has 1 amide bonds. The Bertz CT molecular complexity index is 628. The van der Waals surface area contributed by atoms with Crippen molar-refractivity contribution in [3.63, 3.8) is 0 Å². The van der Waals surface area contributed by atoms with Gasteiger partial charge in [-0.1, -0.05) is 23.2 Å². The Morgan fingerprint density at radius 3 is 2.72 bits per heavy atom. The average molecular weight is 307 g/mol. The van der Waals surface area contributed by atoms with E-state index in [0.717, 1.165) is 5.41 Å². The summed E-state index contributed by atoms with van der Waals surface area (Å²) < 4.78 is 22.3. The van der Waals surface area contributed by atoms with Crippen LogP contribution in [0.25, 0.3) is 0 Å². The van der Waals surface area contributed by atoms with Gasteiger partial charge in [-0.15, -0.1) is 0 Å². The second-order valence-corrected chi connectivity index (χ2v) is 6.43. The Morgan fingerprint density at radius 2 is 2.17 bits per heavy atom. The highest BCUT2D eigenvalue weighted by atomic mass is 35.5. The van der Waals surface area contributed by atoms with E-state index in [2.05, 4.69) is 10.3 Å². The zero-order chi connectivity index (χ0) is 13.3. The summed E-state index contributed by atoms with van der Waals surface area (Å²) >= 11 is 11.4. The van der Waals surface area contributed by atoms with Crippen LogP contribution in [0.4, 0.5) is 0 Å². The molecule has 1 aromatic heterocycles. The maximum atomic E-state index is 11.8. The Labute approximate surface area is 114 Å². The van der Waals surface area contributed by atoms with Gasteiger partial charge in [0.15, 0.2) is 9.84 Å². The number of sulfone groups is 1. The van der Waals surface area contributed by atoms with Crippen LogP contribution >= 0.6 is 23.2 Å². The number of hydrogen-bond acceptors (Lipinski definition) is 4. The molecule has 2 rings (SSSR count). The van der Waals surface area contributed by atoms with Crippen LogP contribution < -0.4 is 5.32 Å². The minimum atomic E-state index is -3.20. The van der Waals surface area contributed by atoms with Gasteiger partial charge in [-0.3, -0.25) is 4.79 Å². The number of aromatic nitrogens is 1. The van der Waals surface area contributed by atoms with Crippen LogP contribution in [0.5, 0.6) is 0 Å². The lowest BCUT2D eigenvalue weighted by Gasteiger charge is -2.09. The molecule has 0 aromatic carbocycles. The zero-order valence-corrected chi connectivity index (χ0v) is 11.3. The maximum absolute atomic E-state index is 11.8. The van der Waals surface area contributed by atoms with Crippen molar-refractivity contribution >= 4 is 38.9 Å². The lowest BCUT2D eigenvalue weighted by Crippen LogP contribution is -2.35. The lowest BCUT2D eigenvalue weighted by atomic mass is 10.2. The maximum Gasteiger partial charge on any atom is 0.253 e. The number of halogens is 2. The first-order valence-corrected chi connectivity index (χ1v) is 7.37. The van der Waals surface area contributed by atoms with E-state index in [0.29, 0.717) is 0 Å². The first-order valence-electron chi connectivity index (χ1n) is 4.90. The fourth-order valence-electron chi connectivity index (χ4n) is 1.46. The SMILES string of the molecule is O=C(NC1C=CS(=O)(=O)C1)c1cnc(Cl)c(Cl)c1. The second-order valence-electron chi connectivity index (χ2n) is 3.73. The number of carbonyl (C=O) groups excluding carboxylic acids is 1. The zero-order valence-electron chi connectivity index (χ0n) is 8.93. The van der Waals surface area contributed by atoms with E-state index in [1.54, 1.807) is 0 Å². The minimum Gasteiger partial charge on any atom is -0.345 e. The van der Waals surface area contributed by atoms with Crippen molar-refractivity contribution in [1.29, 1.82) is 0 Å². The van der Waals surface area contributed by atoms with Gasteiger partial charge in [0, 0.05) is 11.6 Å². The van der Waals surface area contributed by atoms with E-state index in [4.69, 9.17) is 23.2 Å². The quantitative estimate of drug-likeness (QED) is 0.839. The summed E-state index contributed by atoms with van der Waals surface area (Å²) in [5.74, 6) is -0.583. The number of nitrogens with one attached hydrogen (secondary N) is 1. The number of nitrogens with zero attached hydrogens (tertiary/aromatic N) is 1. The predicted octanol–water partition coefficient (Wildman–Crippen LogP) is 1.43. The van der Waals surface area contributed by atoms with Gasteiger partial charge in [-0.05, 0) is 12.1 Å². The van der Waals surface area contributed by atoms with Gasteiger partial charge in [-0.2, -0.15) is 0 Å². The van der Waals surface area contributed by atoms with Crippen LogP contribution in [0, 0.1) is 0 Å². The molecule has 18 heavy (non-hydrogen) atoms. The van der Waals surface area contributed by atoms with Crippen molar-refractivity contribution in [2.45, 2.75) is 6.04 Å². The Balaban J connectivity index is 2.09. The van der Waals surface area contributed by atoms with Crippen LogP contribution in [0.15, 0.2) is 23.7 Å². The summed E-state index contributed by atoms with van der Waals surface area (Å²) in [5, 5.41) is 3.91. The van der Waals surface area contributed by atoms with Crippen molar-refractivity contribution in [1.82, 2.24) is 10.3 Å². The topological polar surface area (TPSA) is 76.1 Å². The van der Waals surface area contributed by atoms with Crippen LogP contribution in [-0.4, -0.2) is 31.1 Å². The second kappa shape index (κ2) is 4.87. The highest BCUT2D eigenvalue weighted by Gasteiger charge is 2.23. The molecule has 1 unspecified atom stereocenters. The van der Waals surface area contributed by atoms with Crippen molar-refractivity contribution in [2.24, 2.45) is 0 Å². The van der Waals surface area contributed by atoms with Gasteiger partial charge in [0.1, 0.15) is 5.15 Å². The molecule has 1 aliphatic rings. The van der Waals surface area contributed by atoms with E-state index in [9.17, 15) is 13.2 Å². The van der Waals surface area contributed by atoms with E-state index in [-0.39, 0.29) is 21.5 Å². The molecular formula is C10H8Cl2N2O3S. The van der Waals surface area contributed by atoms with Gasteiger partial charge in [0.05, 0.1) is 22.4 Å². The number of rotatable bonds is 2. The molecule has 5 nitrogen and oxygen atoms in total. The molecule has 2 heterocycles. The molecule has 1 atom stereocenters. The molecule has 0 bridgehead atoms. The summed E-state index contributed by atoms with van der Waals surface area (Å²) in [4.78, 5) is 15.5. The summed E-state index contributed by atoms with van der Waals surface area (Å²) in [6.07, 6.45) is 2.70. The monoisotopic (exact) mass is 306 g/mol. The van der Waals surface area contributed by atoms with Crippen LogP contribution in [0.3, 0.4) is 0 Å². The third-order valence-electron chi connectivity index (χ3n) is 2.31. The molecule has 0 spiro atoms. The molecule has 1 aromatic rings. The number of amides is 1. The highest BCUT2D eigenvalue weighted by molar-refractivity contribution is 7.94. The Hall–Kier alpha value is -1.11. The summed E-state index contributed by atoms with van der Waals surface area (Å²) in [6.45, 7) is 0. The first kappa shape index (κ1) is 13.3. The predicted molar refractivity (Wildman–Crippen MR) is 68.4 cm³/mol. The fourth-order valence-corrected chi connectivity index (χ4v) is 2.97. The van der Waals surface area contributed by atoms with Crippen LogP contribution in [-0.2, 0) is 9.84 Å². The van der Waals surface area contributed by atoms with E-state index in [1.165, 1.54) is 18.3 Å². The van der Waals surface area contributed by atoms with Crippen molar-refractivity contribution in [2.75, 3.05) is 5.75 Å². The Kier molecular flexibility index (Phi) is 3.61. The van der Waals surface area contributed by atoms with E-state index in [1.807, 2.05) is 0 Å². The van der Waals surface area contributed by atoms with Gasteiger partial charge in [-0.25, -0.2) is 13.4 Å². The van der Waals surface area contributed by atoms with E-state index < -0.39 is 21.8 Å². The van der Waals surface area contributed by atoms with Gasteiger partial charge < -0.3 is 5.32 Å². The standard InChI is InChI=1S/C10H8Cl2N2O3S/c11-8-3-6(4-13-9(8)12)10(15)14-7-1-2-18(16,17)5-7/h1-4,7H,5H2,(H,14,15). The molecule has 8 heteroatoms. The van der Waals surface area contributed by atoms with E-state index >= 15 is 0 Å². The van der Waals surface area contributed by atoms with Gasteiger partial charge in [0.25, 0.3) is 5.91 Å². The summed E-state index contributed by atoms with van der Waals surface area (Å²) in [5.41, 5.74) is 0.224. The summed E-state index contributed by atoms with van der Waals surface area (Å²) in [6, 6.07) is 0.844. The van der Waals surface area contributed by atoms with Crippen molar-refractivity contribution in [3.8, 4) is 0 Å². The van der Waals surface area contributed by atoms with Gasteiger partial charge in [0.2, 0.25) is 0 Å². The molecule has 0 fully saturated rings. The third-order valence-corrected chi connectivity index (χ3v) is 4.39. The third kappa shape index (κ3) is 3.01. The molecule has 0 saturated heterocycles. The van der Waals surface area contributed by atoms with Crippen molar-refractivity contribution < 1.29 is 13.2 Å². The molecule has 0 saturated carbocycles. The van der Waals surface area contributed by atoms with Crippen LogP contribution in [0.2, 0.25) is 10.2 Å². The molecule has 0 aliphatic carbocycles. The fraction of sp³-hybridized carbons (Fsp3) is 0.200. The molecule has 1 N–H and O–H groups in total. The average Bonchev–Trinajstić information content (AvgIpc) is 2.62. The number of carbonyl (C=O) groups is 1. The smallest absolute Gasteiger partial charge is 0.253 e. The summed E-state index contributed by atoms with van der Waals surface area (Å²) in [7, 11) is -3.20. The first-order chi connectivity index (χ1) is 8.37. The number of pyridine rings is 1. The molecule has 0 radical (unpaired) electrons. The number of hydrogen-bond donors (Lipinski definition) is 1. The van der Waals surface area contributed by atoms with Crippen LogP contribution in [0.1, 0.15) is 10.4 Å². The van der Waals surface area contributed by atoms with Crippen molar-refractivity contribution in [3.05, 3.63) is 39.5 Å². The normalized spacial score (nSPS) is 20.9. The Morgan fingerprint density at radius 1 is 1.44 bits per heavy atom. The minimum absolute atomic E-state index is 0.108.